The standard InChI is InChI=1S/C19H17N3O3/c1-24-19(23)17-18(20)21-11-16(22-17)14-8-5-9-15(10-14)25-12-13-6-3-2-4-7-13/h2-11H,12H2,1H3,(H2,20,21). The Kier molecular flexibility index (Phi) is 4.89. The van der Waals surface area contributed by atoms with Gasteiger partial charge in [0.2, 0.25) is 0 Å². The zero-order chi connectivity index (χ0) is 17.6. The monoisotopic (exact) mass is 335 g/mol. The number of hydrogen-bond acceptors (Lipinski definition) is 6. The third-order valence-electron chi connectivity index (χ3n) is 3.56. The van der Waals surface area contributed by atoms with Crippen LogP contribution in [0.4, 0.5) is 5.82 Å². The lowest BCUT2D eigenvalue weighted by Gasteiger charge is -2.09. The summed E-state index contributed by atoms with van der Waals surface area (Å²) in [4.78, 5) is 20.0. The van der Waals surface area contributed by atoms with Crippen molar-refractivity contribution >= 4 is 11.8 Å². The van der Waals surface area contributed by atoms with Gasteiger partial charge in [-0.15, -0.1) is 0 Å². The number of nitrogens with zero attached hydrogens (tertiary/aromatic N) is 2. The number of nitrogen functional groups attached to an aromatic ring is 1. The molecule has 6 heteroatoms. The van der Waals surface area contributed by atoms with Gasteiger partial charge in [0.1, 0.15) is 12.4 Å². The van der Waals surface area contributed by atoms with Gasteiger partial charge in [-0.05, 0) is 17.7 Å². The van der Waals surface area contributed by atoms with Gasteiger partial charge in [0.15, 0.2) is 11.5 Å². The number of benzene rings is 2. The van der Waals surface area contributed by atoms with Gasteiger partial charge in [-0.1, -0.05) is 42.5 Å². The Morgan fingerprint density at radius 1 is 1.12 bits per heavy atom. The first-order chi connectivity index (χ1) is 12.2. The summed E-state index contributed by atoms with van der Waals surface area (Å²) in [6.07, 6.45) is 1.51. The number of aromatic nitrogens is 2. The van der Waals surface area contributed by atoms with Crippen LogP contribution in [-0.2, 0) is 11.3 Å². The van der Waals surface area contributed by atoms with Crippen molar-refractivity contribution in [1.82, 2.24) is 9.97 Å². The molecule has 0 fully saturated rings. The Balaban J connectivity index is 1.83. The number of hydrogen-bond donors (Lipinski definition) is 1. The molecule has 126 valence electrons. The molecule has 1 heterocycles. The van der Waals surface area contributed by atoms with E-state index in [4.69, 9.17) is 10.5 Å². The van der Waals surface area contributed by atoms with E-state index in [0.29, 0.717) is 18.1 Å². The topological polar surface area (TPSA) is 87.3 Å². The molecule has 2 N–H and O–H groups in total. The van der Waals surface area contributed by atoms with E-state index in [1.165, 1.54) is 13.3 Å². The Hall–Kier alpha value is -3.41. The minimum Gasteiger partial charge on any atom is -0.489 e. The van der Waals surface area contributed by atoms with Gasteiger partial charge in [0.25, 0.3) is 0 Å². The highest BCUT2D eigenvalue weighted by atomic mass is 16.5. The summed E-state index contributed by atoms with van der Waals surface area (Å²) >= 11 is 0. The van der Waals surface area contributed by atoms with Gasteiger partial charge in [0.05, 0.1) is 19.0 Å². The molecule has 6 nitrogen and oxygen atoms in total. The minimum absolute atomic E-state index is 0.00407. The summed E-state index contributed by atoms with van der Waals surface area (Å²) in [6, 6.07) is 17.3. The number of carbonyl (C=O) groups is 1. The molecule has 3 aromatic rings. The van der Waals surface area contributed by atoms with Gasteiger partial charge in [-0.25, -0.2) is 14.8 Å². The number of methoxy groups -OCH3 is 1. The second-order valence-electron chi connectivity index (χ2n) is 5.28. The van der Waals surface area contributed by atoms with Gasteiger partial charge < -0.3 is 15.2 Å². The predicted octanol–water partition coefficient (Wildman–Crippen LogP) is 3.09. The van der Waals surface area contributed by atoms with E-state index < -0.39 is 5.97 Å². The van der Waals surface area contributed by atoms with E-state index in [2.05, 4.69) is 14.7 Å². The van der Waals surface area contributed by atoms with Gasteiger partial charge in [0, 0.05) is 5.56 Å². The highest BCUT2D eigenvalue weighted by molar-refractivity contribution is 5.92. The molecule has 1 aromatic heterocycles. The average Bonchev–Trinajstić information content (AvgIpc) is 2.67. The first-order valence-corrected chi connectivity index (χ1v) is 7.65. The SMILES string of the molecule is COC(=O)c1nc(-c2cccc(OCc3ccccc3)c2)cnc1N. The number of rotatable bonds is 5. The minimum atomic E-state index is -0.622. The predicted molar refractivity (Wildman–Crippen MR) is 94.0 cm³/mol. The first-order valence-electron chi connectivity index (χ1n) is 7.65. The highest BCUT2D eigenvalue weighted by Crippen LogP contribution is 2.24. The lowest BCUT2D eigenvalue weighted by atomic mass is 10.1. The Morgan fingerprint density at radius 3 is 2.68 bits per heavy atom. The zero-order valence-electron chi connectivity index (χ0n) is 13.7. The molecule has 0 saturated heterocycles. The summed E-state index contributed by atoms with van der Waals surface area (Å²) in [7, 11) is 1.27. The summed E-state index contributed by atoms with van der Waals surface area (Å²) in [5.74, 6) is 0.106. The van der Waals surface area contributed by atoms with Crippen molar-refractivity contribution in [3.8, 4) is 17.0 Å². The first kappa shape index (κ1) is 16.4. The van der Waals surface area contributed by atoms with Crippen molar-refractivity contribution in [1.29, 1.82) is 0 Å². The second-order valence-corrected chi connectivity index (χ2v) is 5.28. The van der Waals surface area contributed by atoms with Crippen LogP contribution in [-0.4, -0.2) is 23.0 Å². The fraction of sp³-hybridized carbons (Fsp3) is 0.105. The van der Waals surface area contributed by atoms with Crippen LogP contribution in [0.15, 0.2) is 60.8 Å². The molecular weight excluding hydrogens is 318 g/mol. The van der Waals surface area contributed by atoms with E-state index in [-0.39, 0.29) is 11.5 Å². The number of esters is 1. The van der Waals surface area contributed by atoms with E-state index >= 15 is 0 Å². The smallest absolute Gasteiger partial charge is 0.360 e. The van der Waals surface area contributed by atoms with E-state index in [1.54, 1.807) is 0 Å². The Bertz CT molecular complexity index is 882. The van der Waals surface area contributed by atoms with Gasteiger partial charge in [-0.2, -0.15) is 0 Å². The van der Waals surface area contributed by atoms with Crippen LogP contribution >= 0.6 is 0 Å². The van der Waals surface area contributed by atoms with Crippen molar-refractivity contribution in [2.24, 2.45) is 0 Å². The fourth-order valence-corrected chi connectivity index (χ4v) is 2.27. The second kappa shape index (κ2) is 7.44. The summed E-state index contributed by atoms with van der Waals surface area (Å²) in [6.45, 7) is 0.463. The Labute approximate surface area is 145 Å². The molecule has 0 unspecified atom stereocenters. The maximum absolute atomic E-state index is 11.7. The van der Waals surface area contributed by atoms with Crippen molar-refractivity contribution < 1.29 is 14.3 Å². The highest BCUT2D eigenvalue weighted by Gasteiger charge is 2.15. The van der Waals surface area contributed by atoms with E-state index in [9.17, 15) is 4.79 Å². The van der Waals surface area contributed by atoms with Crippen molar-refractivity contribution in [3.63, 3.8) is 0 Å². The molecule has 0 saturated carbocycles. The average molecular weight is 335 g/mol. The van der Waals surface area contributed by atoms with Crippen molar-refractivity contribution in [3.05, 3.63) is 72.1 Å². The lowest BCUT2D eigenvalue weighted by molar-refractivity contribution is 0.0595. The molecule has 3 rings (SSSR count). The molecule has 0 amide bonds. The summed E-state index contributed by atoms with van der Waals surface area (Å²) in [5, 5.41) is 0. The quantitative estimate of drug-likeness (QED) is 0.721. The molecule has 0 aliphatic rings. The van der Waals surface area contributed by atoms with Crippen LogP contribution in [0, 0.1) is 0 Å². The van der Waals surface area contributed by atoms with Crippen molar-refractivity contribution in [2.45, 2.75) is 6.61 Å². The molecule has 0 aliphatic heterocycles. The Morgan fingerprint density at radius 2 is 1.92 bits per heavy atom. The molecule has 0 spiro atoms. The van der Waals surface area contributed by atoms with Crippen LogP contribution in [0.2, 0.25) is 0 Å². The summed E-state index contributed by atoms with van der Waals surface area (Å²) < 4.78 is 10.5. The lowest BCUT2D eigenvalue weighted by Crippen LogP contribution is -2.10. The van der Waals surface area contributed by atoms with Crippen molar-refractivity contribution in [2.75, 3.05) is 12.8 Å². The zero-order valence-corrected chi connectivity index (χ0v) is 13.7. The van der Waals surface area contributed by atoms with Gasteiger partial charge in [-0.3, -0.25) is 0 Å². The normalized spacial score (nSPS) is 10.3. The van der Waals surface area contributed by atoms with Crippen LogP contribution in [0.5, 0.6) is 5.75 Å². The molecule has 2 aromatic carbocycles. The molecule has 0 aliphatic carbocycles. The molecule has 25 heavy (non-hydrogen) atoms. The molecular formula is C19H17N3O3. The van der Waals surface area contributed by atoms with E-state index in [0.717, 1.165) is 11.1 Å². The molecule has 0 radical (unpaired) electrons. The maximum atomic E-state index is 11.7. The van der Waals surface area contributed by atoms with Crippen LogP contribution in [0.25, 0.3) is 11.3 Å². The molecule has 0 atom stereocenters. The van der Waals surface area contributed by atoms with Gasteiger partial charge >= 0.3 is 5.97 Å². The molecule has 0 bridgehead atoms. The third kappa shape index (κ3) is 3.92. The maximum Gasteiger partial charge on any atom is 0.360 e. The van der Waals surface area contributed by atoms with Crippen LogP contribution in [0.3, 0.4) is 0 Å². The van der Waals surface area contributed by atoms with E-state index in [1.807, 2.05) is 54.6 Å². The number of anilines is 1. The summed E-state index contributed by atoms with van der Waals surface area (Å²) in [5.41, 5.74) is 8.04. The fourth-order valence-electron chi connectivity index (χ4n) is 2.27. The van der Waals surface area contributed by atoms with Crippen LogP contribution < -0.4 is 10.5 Å². The van der Waals surface area contributed by atoms with Crippen LogP contribution in [0.1, 0.15) is 16.1 Å². The number of carbonyl (C=O) groups excluding carboxylic acids is 1. The number of ether oxygens (including phenoxy) is 2. The third-order valence-corrected chi connectivity index (χ3v) is 3.56. The number of nitrogens with two attached hydrogens (primary N) is 1. The largest absolute Gasteiger partial charge is 0.489 e.